The molecular weight excluding hydrogens is 380 g/mol. The van der Waals surface area contributed by atoms with Gasteiger partial charge in [0.25, 0.3) is 5.91 Å². The minimum atomic E-state index is -1.17. The number of hydrogen-bond donors (Lipinski definition) is 3. The number of rotatable bonds is 6. The number of nitrogens with zero attached hydrogens (tertiary/aromatic N) is 1. The van der Waals surface area contributed by atoms with E-state index in [4.69, 9.17) is 0 Å². The third kappa shape index (κ3) is 3.54. The van der Waals surface area contributed by atoms with Crippen molar-refractivity contribution < 1.29 is 14.4 Å². The summed E-state index contributed by atoms with van der Waals surface area (Å²) in [5, 5.41) is 6.64. The van der Waals surface area contributed by atoms with Gasteiger partial charge in [0, 0.05) is 23.6 Å². The fraction of sp³-hybridized carbons (Fsp3) is 0.261. The van der Waals surface area contributed by atoms with Crippen LogP contribution in [0.25, 0.3) is 10.9 Å². The summed E-state index contributed by atoms with van der Waals surface area (Å²) in [4.78, 5) is 41.9. The highest BCUT2D eigenvalue weighted by molar-refractivity contribution is 6.09. The summed E-state index contributed by atoms with van der Waals surface area (Å²) in [5.41, 5.74) is 2.73. The van der Waals surface area contributed by atoms with Gasteiger partial charge < -0.3 is 15.6 Å². The molecule has 7 nitrogen and oxygen atoms in total. The molecule has 1 fully saturated rings. The van der Waals surface area contributed by atoms with E-state index in [1.165, 1.54) is 0 Å². The number of urea groups is 1. The summed E-state index contributed by atoms with van der Waals surface area (Å²) in [7, 11) is 0. The Morgan fingerprint density at radius 1 is 1.10 bits per heavy atom. The predicted molar refractivity (Wildman–Crippen MR) is 114 cm³/mol. The smallest absolute Gasteiger partial charge is 0.325 e. The van der Waals surface area contributed by atoms with E-state index in [-0.39, 0.29) is 12.5 Å². The van der Waals surface area contributed by atoms with Crippen molar-refractivity contribution in [3.8, 4) is 0 Å². The molecule has 0 aliphatic carbocycles. The maximum Gasteiger partial charge on any atom is 0.325 e. The molecule has 1 saturated heterocycles. The second-order valence-corrected chi connectivity index (χ2v) is 7.77. The first-order chi connectivity index (χ1) is 14.4. The average Bonchev–Trinajstić information content (AvgIpc) is 3.23. The number of carbonyl (C=O) groups is 3. The summed E-state index contributed by atoms with van der Waals surface area (Å²) in [6.45, 7) is 3.72. The van der Waals surface area contributed by atoms with E-state index in [0.29, 0.717) is 18.5 Å². The van der Waals surface area contributed by atoms with Gasteiger partial charge in [-0.15, -0.1) is 0 Å². The third-order valence-electron chi connectivity index (χ3n) is 5.60. The Hall–Kier alpha value is -3.61. The standard InChI is InChI=1S/C23H24N4O3/c1-15-7-9-17(10-8-15)23(2)21(29)27(22(30)26-23)14-20(28)24-12-11-16-13-25-19-6-4-3-5-18(16)19/h3-10,13,25H,11-12,14H2,1-2H3,(H,24,28)(H,26,30). The molecule has 4 rings (SSSR count). The van der Waals surface area contributed by atoms with Crippen LogP contribution < -0.4 is 10.6 Å². The van der Waals surface area contributed by atoms with Crippen molar-refractivity contribution in [2.75, 3.05) is 13.1 Å². The van der Waals surface area contributed by atoms with E-state index in [1.54, 1.807) is 6.92 Å². The average molecular weight is 404 g/mol. The van der Waals surface area contributed by atoms with Crippen molar-refractivity contribution in [2.45, 2.75) is 25.8 Å². The maximum absolute atomic E-state index is 12.9. The van der Waals surface area contributed by atoms with E-state index in [2.05, 4.69) is 15.6 Å². The van der Waals surface area contributed by atoms with Gasteiger partial charge in [-0.25, -0.2) is 4.79 Å². The van der Waals surface area contributed by atoms with Gasteiger partial charge in [0.2, 0.25) is 5.91 Å². The van der Waals surface area contributed by atoms with Crippen molar-refractivity contribution in [2.24, 2.45) is 0 Å². The fourth-order valence-electron chi connectivity index (χ4n) is 3.80. The van der Waals surface area contributed by atoms with Crippen LogP contribution in [0.1, 0.15) is 23.6 Å². The summed E-state index contributed by atoms with van der Waals surface area (Å²) < 4.78 is 0. The van der Waals surface area contributed by atoms with Gasteiger partial charge in [0.15, 0.2) is 0 Å². The van der Waals surface area contributed by atoms with Crippen LogP contribution in [-0.4, -0.2) is 40.8 Å². The Kier molecular flexibility index (Phi) is 5.03. The molecule has 7 heteroatoms. The number of aryl methyl sites for hydroxylation is 1. The summed E-state index contributed by atoms with van der Waals surface area (Å²) in [6.07, 6.45) is 2.58. The van der Waals surface area contributed by atoms with E-state index >= 15 is 0 Å². The molecule has 0 saturated carbocycles. The molecule has 0 spiro atoms. The normalized spacial score (nSPS) is 18.7. The van der Waals surface area contributed by atoms with Crippen LogP contribution in [0.15, 0.2) is 54.7 Å². The fourth-order valence-corrected chi connectivity index (χ4v) is 3.80. The highest BCUT2D eigenvalue weighted by Gasteiger charge is 2.49. The first kappa shape index (κ1) is 19.7. The molecule has 3 aromatic rings. The quantitative estimate of drug-likeness (QED) is 0.551. The monoisotopic (exact) mass is 404 g/mol. The van der Waals surface area contributed by atoms with E-state index in [0.717, 1.165) is 26.9 Å². The Bertz CT molecular complexity index is 1120. The molecule has 1 aliphatic rings. The molecular formula is C23H24N4O3. The van der Waals surface area contributed by atoms with Gasteiger partial charge in [-0.05, 0) is 37.5 Å². The van der Waals surface area contributed by atoms with Crippen LogP contribution in [0.3, 0.4) is 0 Å². The second kappa shape index (κ2) is 7.67. The van der Waals surface area contributed by atoms with Crippen LogP contribution >= 0.6 is 0 Å². The van der Waals surface area contributed by atoms with Crippen molar-refractivity contribution in [3.63, 3.8) is 0 Å². The minimum absolute atomic E-state index is 0.306. The Balaban J connectivity index is 1.36. The van der Waals surface area contributed by atoms with Crippen molar-refractivity contribution >= 4 is 28.7 Å². The van der Waals surface area contributed by atoms with Crippen molar-refractivity contribution in [3.05, 3.63) is 71.4 Å². The zero-order valence-electron chi connectivity index (χ0n) is 17.0. The number of fused-ring (bicyclic) bond motifs is 1. The van der Waals surface area contributed by atoms with Crippen LogP contribution in [0, 0.1) is 6.92 Å². The number of amides is 4. The number of imide groups is 1. The summed E-state index contributed by atoms with van der Waals surface area (Å²) >= 11 is 0. The lowest BCUT2D eigenvalue weighted by Crippen LogP contribution is -2.43. The number of carbonyl (C=O) groups excluding carboxylic acids is 3. The van der Waals surface area contributed by atoms with Gasteiger partial charge in [-0.3, -0.25) is 14.5 Å². The van der Waals surface area contributed by atoms with Crippen LogP contribution in [0.4, 0.5) is 4.79 Å². The number of aromatic nitrogens is 1. The number of nitrogens with one attached hydrogen (secondary N) is 3. The van der Waals surface area contributed by atoms with Crippen LogP contribution in [-0.2, 0) is 21.5 Å². The molecule has 1 unspecified atom stereocenters. The molecule has 2 heterocycles. The first-order valence-corrected chi connectivity index (χ1v) is 9.91. The van der Waals surface area contributed by atoms with Gasteiger partial charge in [-0.2, -0.15) is 0 Å². The molecule has 2 aromatic carbocycles. The van der Waals surface area contributed by atoms with Crippen LogP contribution in [0.5, 0.6) is 0 Å². The first-order valence-electron chi connectivity index (χ1n) is 9.91. The number of benzene rings is 2. The second-order valence-electron chi connectivity index (χ2n) is 7.77. The topological polar surface area (TPSA) is 94.3 Å². The van der Waals surface area contributed by atoms with Gasteiger partial charge in [0.05, 0.1) is 0 Å². The molecule has 0 bridgehead atoms. The lowest BCUT2D eigenvalue weighted by Gasteiger charge is -2.22. The summed E-state index contributed by atoms with van der Waals surface area (Å²) in [6, 6.07) is 14.8. The number of H-pyrrole nitrogens is 1. The zero-order chi connectivity index (χ0) is 21.3. The molecule has 1 atom stereocenters. The van der Waals surface area contributed by atoms with Crippen LogP contribution in [0.2, 0.25) is 0 Å². The molecule has 4 amide bonds. The van der Waals surface area contributed by atoms with E-state index in [9.17, 15) is 14.4 Å². The number of para-hydroxylation sites is 1. The van der Waals surface area contributed by atoms with E-state index in [1.807, 2.05) is 61.7 Å². The molecule has 3 N–H and O–H groups in total. The Labute approximate surface area is 174 Å². The molecule has 30 heavy (non-hydrogen) atoms. The van der Waals surface area contributed by atoms with Crippen molar-refractivity contribution in [1.29, 1.82) is 0 Å². The third-order valence-corrected chi connectivity index (χ3v) is 5.60. The summed E-state index contributed by atoms with van der Waals surface area (Å²) in [5.74, 6) is -0.797. The SMILES string of the molecule is Cc1ccc(C2(C)NC(=O)N(CC(=O)NCCc3c[nH]c4ccccc34)C2=O)cc1. The number of aromatic amines is 1. The Morgan fingerprint density at radius 3 is 2.60 bits per heavy atom. The van der Waals surface area contributed by atoms with Gasteiger partial charge in [-0.1, -0.05) is 48.0 Å². The predicted octanol–water partition coefficient (Wildman–Crippen LogP) is 2.60. The lowest BCUT2D eigenvalue weighted by molar-refractivity contribution is -0.134. The van der Waals surface area contributed by atoms with Gasteiger partial charge in [0.1, 0.15) is 12.1 Å². The Morgan fingerprint density at radius 2 is 1.83 bits per heavy atom. The molecule has 1 aromatic heterocycles. The highest BCUT2D eigenvalue weighted by atomic mass is 16.2. The van der Waals surface area contributed by atoms with Gasteiger partial charge >= 0.3 is 6.03 Å². The minimum Gasteiger partial charge on any atom is -0.361 e. The molecule has 1 aliphatic heterocycles. The lowest BCUT2D eigenvalue weighted by atomic mass is 9.91. The van der Waals surface area contributed by atoms with E-state index < -0.39 is 17.5 Å². The number of hydrogen-bond acceptors (Lipinski definition) is 3. The maximum atomic E-state index is 12.9. The largest absolute Gasteiger partial charge is 0.361 e. The van der Waals surface area contributed by atoms with Crippen molar-refractivity contribution in [1.82, 2.24) is 20.5 Å². The molecule has 0 radical (unpaired) electrons. The zero-order valence-corrected chi connectivity index (χ0v) is 17.0. The molecule has 154 valence electrons. The highest BCUT2D eigenvalue weighted by Crippen LogP contribution is 2.28.